The summed E-state index contributed by atoms with van der Waals surface area (Å²) in [6, 6.07) is 37.0. The van der Waals surface area contributed by atoms with Gasteiger partial charge < -0.3 is 14.1 Å². The molecular weight excluding hydrogens is 470 g/mol. The number of ketones is 1. The predicted molar refractivity (Wildman–Crippen MR) is 156 cm³/mol. The molecule has 0 saturated carbocycles. The van der Waals surface area contributed by atoms with Crippen LogP contribution in [-0.2, 0) is 9.53 Å². The number of hydrogen-bond donors (Lipinski definition) is 0. The number of anilines is 3. The van der Waals surface area contributed by atoms with Gasteiger partial charge in [0.15, 0.2) is 11.4 Å². The van der Waals surface area contributed by atoms with Crippen molar-refractivity contribution in [1.29, 1.82) is 0 Å². The van der Waals surface area contributed by atoms with Crippen molar-refractivity contribution in [2.75, 3.05) is 12.0 Å². The van der Waals surface area contributed by atoms with Gasteiger partial charge in [-0.05, 0) is 55.1 Å². The number of Topliss-reactive ketones (excluding diaryl/α,β-unsaturated/α-hetero) is 1. The van der Waals surface area contributed by atoms with Gasteiger partial charge in [0, 0.05) is 21.8 Å². The van der Waals surface area contributed by atoms with Gasteiger partial charge >= 0.3 is 0 Å². The number of ether oxygens (including phenoxy) is 1. The molecule has 0 spiro atoms. The summed E-state index contributed by atoms with van der Waals surface area (Å²) in [5.74, 6) is 0.566. The number of fused-ring (bicyclic) bond motifs is 4. The Labute approximate surface area is 221 Å². The SMILES string of the molecule is CO/C(C)=C(\C(C)=O)c1ccc(N(c2ccccc2)c2cccc3c2oc2ccccc23)c2ccccc12. The molecule has 5 aromatic carbocycles. The minimum absolute atomic E-state index is 0.0331. The van der Waals surface area contributed by atoms with Crippen LogP contribution >= 0.6 is 0 Å². The molecule has 0 atom stereocenters. The number of allylic oxidation sites excluding steroid dienone is 2. The van der Waals surface area contributed by atoms with Gasteiger partial charge in [0.05, 0.1) is 24.1 Å². The fraction of sp³-hybridized carbons (Fsp3) is 0.0882. The normalized spacial score (nSPS) is 12.1. The van der Waals surface area contributed by atoms with E-state index in [9.17, 15) is 4.79 Å². The molecule has 1 heterocycles. The highest BCUT2D eigenvalue weighted by atomic mass is 16.5. The lowest BCUT2D eigenvalue weighted by Crippen LogP contribution is -2.11. The summed E-state index contributed by atoms with van der Waals surface area (Å²) in [4.78, 5) is 15.0. The maximum atomic E-state index is 12.7. The lowest BCUT2D eigenvalue weighted by molar-refractivity contribution is -0.111. The molecular formula is C34H27NO3. The van der Waals surface area contributed by atoms with E-state index in [4.69, 9.17) is 9.15 Å². The van der Waals surface area contributed by atoms with E-state index in [1.807, 2.05) is 61.5 Å². The lowest BCUT2D eigenvalue weighted by atomic mass is 9.93. The first-order valence-corrected chi connectivity index (χ1v) is 12.6. The molecule has 0 N–H and O–H groups in total. The van der Waals surface area contributed by atoms with E-state index in [0.29, 0.717) is 11.3 Å². The summed E-state index contributed by atoms with van der Waals surface area (Å²) in [5.41, 5.74) is 6.06. The van der Waals surface area contributed by atoms with E-state index in [-0.39, 0.29) is 5.78 Å². The Kier molecular flexibility index (Phi) is 5.93. The number of hydrogen-bond acceptors (Lipinski definition) is 4. The highest BCUT2D eigenvalue weighted by Crippen LogP contribution is 2.45. The monoisotopic (exact) mass is 497 g/mol. The van der Waals surface area contributed by atoms with E-state index in [1.54, 1.807) is 14.0 Å². The Morgan fingerprint density at radius 2 is 1.32 bits per heavy atom. The van der Waals surface area contributed by atoms with Crippen LogP contribution in [0.15, 0.2) is 119 Å². The van der Waals surface area contributed by atoms with Crippen molar-refractivity contribution in [3.8, 4) is 0 Å². The summed E-state index contributed by atoms with van der Waals surface area (Å²) in [6.07, 6.45) is 0. The zero-order chi connectivity index (χ0) is 26.2. The third kappa shape index (κ3) is 3.82. The van der Waals surface area contributed by atoms with Crippen molar-refractivity contribution in [3.63, 3.8) is 0 Å². The quantitative estimate of drug-likeness (QED) is 0.170. The van der Waals surface area contributed by atoms with Crippen LogP contribution in [0, 0.1) is 0 Å². The molecule has 4 nitrogen and oxygen atoms in total. The Bertz CT molecular complexity index is 1850. The Hall–Kier alpha value is -4.83. The number of furan rings is 1. The molecule has 0 saturated heterocycles. The van der Waals surface area contributed by atoms with E-state index in [0.717, 1.165) is 55.3 Å². The molecule has 186 valence electrons. The Morgan fingerprint density at radius 1 is 0.658 bits per heavy atom. The molecule has 0 aliphatic heterocycles. The van der Waals surface area contributed by atoms with Crippen molar-refractivity contribution in [2.45, 2.75) is 13.8 Å². The Balaban J connectivity index is 1.68. The van der Waals surface area contributed by atoms with Gasteiger partial charge in [0.2, 0.25) is 0 Å². The van der Waals surface area contributed by atoms with Crippen LogP contribution in [0.1, 0.15) is 19.4 Å². The molecule has 0 radical (unpaired) electrons. The largest absolute Gasteiger partial charge is 0.501 e. The van der Waals surface area contributed by atoms with Crippen LogP contribution in [0.25, 0.3) is 38.3 Å². The fourth-order valence-corrected chi connectivity index (χ4v) is 5.32. The number of rotatable bonds is 6. The lowest BCUT2D eigenvalue weighted by Gasteiger charge is -2.27. The van der Waals surface area contributed by atoms with Crippen LogP contribution in [0.3, 0.4) is 0 Å². The topological polar surface area (TPSA) is 42.7 Å². The second-order valence-corrected chi connectivity index (χ2v) is 9.29. The van der Waals surface area contributed by atoms with Crippen molar-refractivity contribution < 1.29 is 13.9 Å². The highest BCUT2D eigenvalue weighted by molar-refractivity contribution is 6.24. The number of nitrogens with zero attached hydrogens (tertiary/aromatic N) is 1. The second kappa shape index (κ2) is 9.56. The van der Waals surface area contributed by atoms with Gasteiger partial charge in [0.25, 0.3) is 0 Å². The molecule has 0 unspecified atom stereocenters. The van der Waals surface area contributed by atoms with Crippen molar-refractivity contribution in [3.05, 3.63) is 121 Å². The summed E-state index contributed by atoms with van der Waals surface area (Å²) in [5, 5.41) is 4.15. The Morgan fingerprint density at radius 3 is 2.05 bits per heavy atom. The number of methoxy groups -OCH3 is 1. The van der Waals surface area contributed by atoms with Crippen molar-refractivity contribution in [2.24, 2.45) is 0 Å². The zero-order valence-electron chi connectivity index (χ0n) is 21.6. The van der Waals surface area contributed by atoms with E-state index < -0.39 is 0 Å². The molecule has 0 amide bonds. The molecule has 1 aromatic heterocycles. The van der Waals surface area contributed by atoms with Crippen molar-refractivity contribution >= 4 is 61.1 Å². The predicted octanol–water partition coefficient (Wildman–Crippen LogP) is 9.18. The minimum Gasteiger partial charge on any atom is -0.501 e. The molecule has 0 aliphatic rings. The number of para-hydroxylation sites is 3. The molecule has 0 fully saturated rings. The second-order valence-electron chi connectivity index (χ2n) is 9.29. The molecule has 6 aromatic rings. The van der Waals surface area contributed by atoms with E-state index >= 15 is 0 Å². The van der Waals surface area contributed by atoms with Gasteiger partial charge in [0.1, 0.15) is 11.3 Å². The van der Waals surface area contributed by atoms with Crippen LogP contribution in [0.4, 0.5) is 17.1 Å². The molecule has 0 bridgehead atoms. The molecule has 6 rings (SSSR count). The van der Waals surface area contributed by atoms with Gasteiger partial charge in [-0.15, -0.1) is 0 Å². The summed E-state index contributed by atoms with van der Waals surface area (Å²) in [6.45, 7) is 3.41. The van der Waals surface area contributed by atoms with Crippen LogP contribution in [0.5, 0.6) is 0 Å². The average Bonchev–Trinajstić information content (AvgIpc) is 3.34. The smallest absolute Gasteiger partial charge is 0.163 e. The number of benzene rings is 5. The third-order valence-electron chi connectivity index (χ3n) is 7.06. The van der Waals surface area contributed by atoms with Crippen LogP contribution in [-0.4, -0.2) is 12.9 Å². The fourth-order valence-electron chi connectivity index (χ4n) is 5.32. The minimum atomic E-state index is -0.0331. The number of carbonyl (C=O) groups is 1. The van der Waals surface area contributed by atoms with Crippen LogP contribution in [0.2, 0.25) is 0 Å². The molecule has 0 aliphatic carbocycles. The summed E-state index contributed by atoms with van der Waals surface area (Å²) >= 11 is 0. The van der Waals surface area contributed by atoms with Crippen LogP contribution < -0.4 is 4.90 Å². The summed E-state index contributed by atoms with van der Waals surface area (Å²) in [7, 11) is 1.60. The standard InChI is InChI=1S/C34H27NO3/c1-22(36)33(23(2)37-3)28-20-21-30(26-15-8-7-14-25(26)28)35(24-12-5-4-6-13-24)31-18-11-17-29-27-16-9-10-19-32(27)38-34(29)31/h4-21H,1-3H3/b33-23+. The number of carbonyl (C=O) groups excluding carboxylic acids is 1. The first-order valence-electron chi connectivity index (χ1n) is 12.6. The van der Waals surface area contributed by atoms with Gasteiger partial charge in [-0.25, -0.2) is 0 Å². The maximum absolute atomic E-state index is 12.7. The van der Waals surface area contributed by atoms with Gasteiger partial charge in [-0.2, -0.15) is 0 Å². The van der Waals surface area contributed by atoms with Gasteiger partial charge in [-0.3, -0.25) is 4.79 Å². The molecule has 38 heavy (non-hydrogen) atoms. The van der Waals surface area contributed by atoms with E-state index in [1.165, 1.54) is 0 Å². The third-order valence-corrected chi connectivity index (χ3v) is 7.06. The maximum Gasteiger partial charge on any atom is 0.163 e. The first-order chi connectivity index (χ1) is 18.6. The average molecular weight is 498 g/mol. The highest BCUT2D eigenvalue weighted by Gasteiger charge is 2.23. The van der Waals surface area contributed by atoms with E-state index in [2.05, 4.69) is 59.5 Å². The zero-order valence-corrected chi connectivity index (χ0v) is 21.6. The van der Waals surface area contributed by atoms with Crippen molar-refractivity contribution in [1.82, 2.24) is 0 Å². The van der Waals surface area contributed by atoms with Gasteiger partial charge in [-0.1, -0.05) is 78.9 Å². The summed E-state index contributed by atoms with van der Waals surface area (Å²) < 4.78 is 12.0. The molecule has 4 heteroatoms. The first kappa shape index (κ1) is 23.6.